The standard InChI is InChI=1S/C22H27NO3/c24-14-17-9-10-21(20(11-17)15-25)18-7-4-8-19(12-18)22(26)23-13-16-5-2-1-3-6-16/h4,7-12,16,24-25H,1-3,5-6,13-15H2,(H,23,26). The molecule has 0 heterocycles. The topological polar surface area (TPSA) is 69.6 Å². The molecule has 0 saturated heterocycles. The van der Waals surface area contributed by atoms with Gasteiger partial charge in [-0.3, -0.25) is 4.79 Å². The highest BCUT2D eigenvalue weighted by atomic mass is 16.3. The van der Waals surface area contributed by atoms with Gasteiger partial charge in [-0.2, -0.15) is 0 Å². The van der Waals surface area contributed by atoms with Gasteiger partial charge in [0.05, 0.1) is 13.2 Å². The highest BCUT2D eigenvalue weighted by Gasteiger charge is 2.15. The van der Waals surface area contributed by atoms with Crippen molar-refractivity contribution in [3.63, 3.8) is 0 Å². The average Bonchev–Trinajstić information content (AvgIpc) is 2.72. The van der Waals surface area contributed by atoms with E-state index >= 15 is 0 Å². The molecule has 0 atom stereocenters. The van der Waals surface area contributed by atoms with Gasteiger partial charge in [-0.05, 0) is 53.1 Å². The highest BCUT2D eigenvalue weighted by Crippen LogP contribution is 2.26. The van der Waals surface area contributed by atoms with Crippen molar-refractivity contribution in [2.24, 2.45) is 5.92 Å². The third-order valence-corrected chi connectivity index (χ3v) is 5.23. The Morgan fingerprint density at radius 1 is 1.00 bits per heavy atom. The normalized spacial score (nSPS) is 15.0. The van der Waals surface area contributed by atoms with Crippen molar-refractivity contribution >= 4 is 5.91 Å². The van der Waals surface area contributed by atoms with Crippen LogP contribution in [0.3, 0.4) is 0 Å². The fraction of sp³-hybridized carbons (Fsp3) is 0.409. The van der Waals surface area contributed by atoms with Crippen LogP contribution in [0.2, 0.25) is 0 Å². The maximum absolute atomic E-state index is 12.5. The summed E-state index contributed by atoms with van der Waals surface area (Å²) in [5.74, 6) is 0.554. The van der Waals surface area contributed by atoms with Gasteiger partial charge in [0, 0.05) is 12.1 Å². The van der Waals surface area contributed by atoms with Crippen molar-refractivity contribution < 1.29 is 15.0 Å². The van der Waals surface area contributed by atoms with Crippen molar-refractivity contribution in [2.75, 3.05) is 6.54 Å². The van der Waals surface area contributed by atoms with Gasteiger partial charge in [0.1, 0.15) is 0 Å². The summed E-state index contributed by atoms with van der Waals surface area (Å²) in [5, 5.41) is 22.0. The van der Waals surface area contributed by atoms with E-state index in [4.69, 9.17) is 0 Å². The van der Waals surface area contributed by atoms with Gasteiger partial charge < -0.3 is 15.5 Å². The molecule has 0 radical (unpaired) electrons. The Bertz CT molecular complexity index is 751. The van der Waals surface area contributed by atoms with Crippen LogP contribution < -0.4 is 5.32 Å². The lowest BCUT2D eigenvalue weighted by Gasteiger charge is -2.21. The van der Waals surface area contributed by atoms with Crippen LogP contribution in [0.4, 0.5) is 0 Å². The van der Waals surface area contributed by atoms with Crippen molar-refractivity contribution in [3.05, 3.63) is 59.2 Å². The number of benzene rings is 2. The zero-order valence-corrected chi connectivity index (χ0v) is 15.1. The molecule has 0 bridgehead atoms. The quantitative estimate of drug-likeness (QED) is 0.742. The van der Waals surface area contributed by atoms with Crippen LogP contribution in [0.25, 0.3) is 11.1 Å². The molecule has 1 aliphatic rings. The van der Waals surface area contributed by atoms with Gasteiger partial charge >= 0.3 is 0 Å². The van der Waals surface area contributed by atoms with E-state index in [2.05, 4.69) is 5.32 Å². The van der Waals surface area contributed by atoms with Crippen molar-refractivity contribution in [1.82, 2.24) is 5.32 Å². The number of hydrogen-bond donors (Lipinski definition) is 3. The molecule has 1 amide bonds. The molecule has 0 spiro atoms. The van der Waals surface area contributed by atoms with E-state index < -0.39 is 0 Å². The molecule has 0 aliphatic heterocycles. The fourth-order valence-electron chi connectivity index (χ4n) is 3.72. The minimum absolute atomic E-state index is 0.0463. The zero-order chi connectivity index (χ0) is 18.4. The average molecular weight is 353 g/mol. The molecule has 1 saturated carbocycles. The molecule has 26 heavy (non-hydrogen) atoms. The summed E-state index contributed by atoms with van der Waals surface area (Å²) in [7, 11) is 0. The molecule has 3 N–H and O–H groups in total. The summed E-state index contributed by atoms with van der Waals surface area (Å²) in [6.45, 7) is 0.578. The molecule has 3 rings (SSSR count). The monoisotopic (exact) mass is 353 g/mol. The number of aliphatic hydroxyl groups excluding tert-OH is 2. The number of hydrogen-bond acceptors (Lipinski definition) is 3. The molecular weight excluding hydrogens is 326 g/mol. The van der Waals surface area contributed by atoms with E-state index in [1.165, 1.54) is 32.1 Å². The Balaban J connectivity index is 1.74. The second kappa shape index (κ2) is 8.97. The van der Waals surface area contributed by atoms with Crippen LogP contribution in [-0.2, 0) is 13.2 Å². The lowest BCUT2D eigenvalue weighted by atomic mass is 9.89. The first-order chi connectivity index (χ1) is 12.7. The summed E-state index contributed by atoms with van der Waals surface area (Å²) >= 11 is 0. The SMILES string of the molecule is O=C(NCC1CCCCC1)c1cccc(-c2ccc(CO)cc2CO)c1. The molecule has 2 aromatic carbocycles. The Morgan fingerprint density at radius 3 is 2.54 bits per heavy atom. The van der Waals surface area contributed by atoms with Crippen LogP contribution >= 0.6 is 0 Å². The number of nitrogens with one attached hydrogen (secondary N) is 1. The van der Waals surface area contributed by atoms with Crippen LogP contribution in [0, 0.1) is 5.92 Å². The predicted molar refractivity (Wildman–Crippen MR) is 103 cm³/mol. The predicted octanol–water partition coefficient (Wildman–Crippen LogP) is 3.65. The summed E-state index contributed by atoms with van der Waals surface area (Å²) in [4.78, 5) is 12.5. The largest absolute Gasteiger partial charge is 0.392 e. The molecule has 0 unspecified atom stereocenters. The third kappa shape index (κ3) is 4.51. The number of aliphatic hydroxyl groups is 2. The van der Waals surface area contributed by atoms with Crippen LogP contribution in [0.5, 0.6) is 0 Å². The Labute approximate surface area is 154 Å². The van der Waals surface area contributed by atoms with Crippen molar-refractivity contribution in [2.45, 2.75) is 45.3 Å². The second-order valence-corrected chi connectivity index (χ2v) is 7.10. The molecule has 1 fully saturated rings. The van der Waals surface area contributed by atoms with E-state index in [-0.39, 0.29) is 19.1 Å². The van der Waals surface area contributed by atoms with Gasteiger partial charge in [0.2, 0.25) is 0 Å². The van der Waals surface area contributed by atoms with Crippen LogP contribution in [-0.4, -0.2) is 22.7 Å². The number of amides is 1. The summed E-state index contributed by atoms with van der Waals surface area (Å²) in [6.07, 6.45) is 6.26. The highest BCUT2D eigenvalue weighted by molar-refractivity contribution is 5.95. The first kappa shape index (κ1) is 18.6. The maximum Gasteiger partial charge on any atom is 0.251 e. The molecular formula is C22H27NO3. The maximum atomic E-state index is 12.5. The number of carbonyl (C=O) groups is 1. The Kier molecular flexibility index (Phi) is 6.42. The summed E-state index contributed by atoms with van der Waals surface area (Å²) < 4.78 is 0. The van der Waals surface area contributed by atoms with Gasteiger partial charge in [0.15, 0.2) is 0 Å². The van der Waals surface area contributed by atoms with E-state index in [1.807, 2.05) is 36.4 Å². The lowest BCUT2D eigenvalue weighted by Crippen LogP contribution is -2.30. The van der Waals surface area contributed by atoms with Gasteiger partial charge in [-0.1, -0.05) is 49.6 Å². The minimum atomic E-state index is -0.110. The number of rotatable bonds is 6. The molecule has 2 aromatic rings. The number of carbonyl (C=O) groups excluding carboxylic acids is 1. The van der Waals surface area contributed by atoms with E-state index in [0.29, 0.717) is 11.5 Å². The molecule has 4 nitrogen and oxygen atoms in total. The molecule has 1 aliphatic carbocycles. The van der Waals surface area contributed by atoms with Crippen LogP contribution in [0.1, 0.15) is 53.6 Å². The van der Waals surface area contributed by atoms with Crippen LogP contribution in [0.15, 0.2) is 42.5 Å². The van der Waals surface area contributed by atoms with Crippen molar-refractivity contribution in [3.8, 4) is 11.1 Å². The van der Waals surface area contributed by atoms with E-state index in [0.717, 1.165) is 28.8 Å². The first-order valence-corrected chi connectivity index (χ1v) is 9.43. The van der Waals surface area contributed by atoms with Gasteiger partial charge in [-0.25, -0.2) is 0 Å². The summed E-state index contributed by atoms with van der Waals surface area (Å²) in [5.41, 5.74) is 3.92. The van der Waals surface area contributed by atoms with Gasteiger partial charge in [-0.15, -0.1) is 0 Å². The Morgan fingerprint density at radius 2 is 1.81 bits per heavy atom. The minimum Gasteiger partial charge on any atom is -0.392 e. The third-order valence-electron chi connectivity index (χ3n) is 5.23. The summed E-state index contributed by atoms with van der Waals surface area (Å²) in [6, 6.07) is 13.0. The van der Waals surface area contributed by atoms with E-state index in [9.17, 15) is 15.0 Å². The van der Waals surface area contributed by atoms with Gasteiger partial charge in [0.25, 0.3) is 5.91 Å². The molecule has 138 valence electrons. The zero-order valence-electron chi connectivity index (χ0n) is 15.1. The van der Waals surface area contributed by atoms with E-state index in [1.54, 1.807) is 6.07 Å². The second-order valence-electron chi connectivity index (χ2n) is 7.10. The molecule has 0 aromatic heterocycles. The van der Waals surface area contributed by atoms with Crippen molar-refractivity contribution in [1.29, 1.82) is 0 Å². The fourth-order valence-corrected chi connectivity index (χ4v) is 3.72. The Hall–Kier alpha value is -2.17. The molecule has 4 heteroatoms. The first-order valence-electron chi connectivity index (χ1n) is 9.43. The smallest absolute Gasteiger partial charge is 0.251 e. The lowest BCUT2D eigenvalue weighted by molar-refractivity contribution is 0.0943.